The summed E-state index contributed by atoms with van der Waals surface area (Å²) < 4.78 is 0. The highest BCUT2D eigenvalue weighted by Crippen LogP contribution is 2.22. The number of aromatic amines is 1. The molecular weight excluding hydrogens is 480 g/mol. The number of carbonyl (C=O) groups is 4. The molecule has 2 heterocycles. The Morgan fingerprint density at radius 1 is 1.14 bits per heavy atom. The number of aromatic nitrogens is 1. The van der Waals surface area contributed by atoms with Crippen LogP contribution in [0.1, 0.15) is 37.7 Å². The van der Waals surface area contributed by atoms with Crippen molar-refractivity contribution in [2.45, 2.75) is 62.7 Å². The molecule has 1 aromatic heterocycles. The summed E-state index contributed by atoms with van der Waals surface area (Å²) in [4.78, 5) is 55.3. The number of likely N-dealkylation sites (tertiary alicyclic amines) is 1. The molecule has 9 N–H and O–H groups in total. The van der Waals surface area contributed by atoms with E-state index in [9.17, 15) is 29.4 Å². The van der Waals surface area contributed by atoms with Crippen LogP contribution in [0.2, 0.25) is 0 Å². The van der Waals surface area contributed by atoms with E-state index in [2.05, 4.69) is 15.6 Å². The smallest absolute Gasteiger partial charge is 0.328 e. The molecule has 1 saturated heterocycles. The number of aliphatic hydroxyl groups is 1. The lowest BCUT2D eigenvalue weighted by atomic mass is 10.0. The van der Waals surface area contributed by atoms with E-state index >= 15 is 0 Å². The van der Waals surface area contributed by atoms with Gasteiger partial charge in [0.1, 0.15) is 18.1 Å². The van der Waals surface area contributed by atoms with Crippen molar-refractivity contribution in [1.29, 1.82) is 0 Å². The van der Waals surface area contributed by atoms with Crippen molar-refractivity contribution in [3.8, 4) is 0 Å². The molecule has 202 valence electrons. The van der Waals surface area contributed by atoms with Crippen molar-refractivity contribution in [2.24, 2.45) is 11.5 Å². The van der Waals surface area contributed by atoms with Gasteiger partial charge in [0.2, 0.25) is 17.7 Å². The first-order chi connectivity index (χ1) is 17.8. The molecule has 4 unspecified atom stereocenters. The Hall–Kier alpha value is -3.48. The SMILES string of the molecule is NCCCCC(N)C(=O)N1CCCC1C(=O)NC(Cc1c[nH]c2ccccc12)C(=O)NC(CO)C(=O)O. The van der Waals surface area contributed by atoms with E-state index in [0.29, 0.717) is 38.8 Å². The van der Waals surface area contributed by atoms with E-state index in [-0.39, 0.29) is 12.3 Å². The number of hydrogen-bond acceptors (Lipinski definition) is 7. The summed E-state index contributed by atoms with van der Waals surface area (Å²) in [5.41, 5.74) is 13.2. The van der Waals surface area contributed by atoms with Crippen LogP contribution in [0.5, 0.6) is 0 Å². The molecular formula is C25H36N6O6. The molecule has 4 atom stereocenters. The number of carboxylic acid groups (broad SMARTS) is 1. The number of benzene rings is 1. The first kappa shape index (κ1) is 28.1. The first-order valence-electron chi connectivity index (χ1n) is 12.5. The minimum atomic E-state index is -1.52. The number of amides is 3. The fourth-order valence-corrected chi connectivity index (χ4v) is 4.60. The van der Waals surface area contributed by atoms with Gasteiger partial charge in [-0.3, -0.25) is 14.4 Å². The summed E-state index contributed by atoms with van der Waals surface area (Å²) >= 11 is 0. The van der Waals surface area contributed by atoms with Gasteiger partial charge in [-0.15, -0.1) is 0 Å². The van der Waals surface area contributed by atoms with E-state index in [1.807, 2.05) is 24.3 Å². The van der Waals surface area contributed by atoms with E-state index in [4.69, 9.17) is 11.5 Å². The summed E-state index contributed by atoms with van der Waals surface area (Å²) in [5.74, 6) is -2.99. The van der Waals surface area contributed by atoms with Gasteiger partial charge in [-0.05, 0) is 43.9 Å². The molecule has 3 rings (SSSR count). The van der Waals surface area contributed by atoms with Crippen LogP contribution in [0, 0.1) is 0 Å². The number of aliphatic carboxylic acids is 1. The highest BCUT2D eigenvalue weighted by Gasteiger charge is 2.38. The van der Waals surface area contributed by atoms with E-state index in [1.54, 1.807) is 6.20 Å². The van der Waals surface area contributed by atoms with Gasteiger partial charge in [0.25, 0.3) is 0 Å². The third-order valence-corrected chi connectivity index (χ3v) is 6.65. The maximum absolute atomic E-state index is 13.3. The van der Waals surface area contributed by atoms with E-state index < -0.39 is 48.6 Å². The summed E-state index contributed by atoms with van der Waals surface area (Å²) in [6.45, 7) is 0.0861. The van der Waals surface area contributed by atoms with Crippen molar-refractivity contribution in [3.63, 3.8) is 0 Å². The lowest BCUT2D eigenvalue weighted by molar-refractivity contribution is -0.144. The number of carbonyl (C=O) groups excluding carboxylic acids is 3. The van der Waals surface area contributed by atoms with Crippen molar-refractivity contribution in [3.05, 3.63) is 36.0 Å². The van der Waals surface area contributed by atoms with Crippen LogP contribution in [-0.4, -0.2) is 87.7 Å². The summed E-state index contributed by atoms with van der Waals surface area (Å²) in [5, 5.41) is 24.5. The molecule has 1 aromatic carbocycles. The number of H-pyrrole nitrogens is 1. The van der Waals surface area contributed by atoms with Crippen LogP contribution in [0.15, 0.2) is 30.5 Å². The number of nitrogens with one attached hydrogen (secondary N) is 3. The Morgan fingerprint density at radius 3 is 2.59 bits per heavy atom. The van der Waals surface area contributed by atoms with Crippen LogP contribution in [0.25, 0.3) is 10.9 Å². The van der Waals surface area contributed by atoms with Gasteiger partial charge < -0.3 is 42.2 Å². The second kappa shape index (κ2) is 13.2. The Labute approximate surface area is 214 Å². The van der Waals surface area contributed by atoms with Gasteiger partial charge in [-0.1, -0.05) is 24.6 Å². The number of nitrogens with two attached hydrogens (primary N) is 2. The maximum atomic E-state index is 13.3. The van der Waals surface area contributed by atoms with Gasteiger partial charge in [-0.25, -0.2) is 4.79 Å². The molecule has 1 aliphatic rings. The highest BCUT2D eigenvalue weighted by molar-refractivity contribution is 5.95. The number of hydrogen-bond donors (Lipinski definition) is 7. The molecule has 37 heavy (non-hydrogen) atoms. The third-order valence-electron chi connectivity index (χ3n) is 6.65. The molecule has 0 aliphatic carbocycles. The molecule has 0 saturated carbocycles. The first-order valence-corrected chi connectivity index (χ1v) is 12.5. The molecule has 12 nitrogen and oxygen atoms in total. The van der Waals surface area contributed by atoms with Gasteiger partial charge >= 0.3 is 5.97 Å². The molecule has 1 fully saturated rings. The largest absolute Gasteiger partial charge is 0.480 e. The fraction of sp³-hybridized carbons (Fsp3) is 0.520. The lowest BCUT2D eigenvalue weighted by Gasteiger charge is -2.28. The number of fused-ring (bicyclic) bond motifs is 1. The Bertz CT molecular complexity index is 1100. The Balaban J connectivity index is 1.77. The zero-order valence-corrected chi connectivity index (χ0v) is 20.7. The van der Waals surface area contributed by atoms with E-state index in [1.165, 1.54) is 4.90 Å². The van der Waals surface area contributed by atoms with Crippen LogP contribution in [-0.2, 0) is 25.6 Å². The molecule has 12 heteroatoms. The van der Waals surface area contributed by atoms with Crippen LogP contribution >= 0.6 is 0 Å². The Morgan fingerprint density at radius 2 is 1.89 bits per heavy atom. The number of rotatable bonds is 13. The van der Waals surface area contributed by atoms with Crippen molar-refractivity contribution in [2.75, 3.05) is 19.7 Å². The van der Waals surface area contributed by atoms with Crippen molar-refractivity contribution in [1.82, 2.24) is 20.5 Å². The average Bonchev–Trinajstić information content (AvgIpc) is 3.54. The molecule has 2 aromatic rings. The molecule has 1 aliphatic heterocycles. The number of carboxylic acids is 1. The van der Waals surface area contributed by atoms with Crippen molar-refractivity contribution >= 4 is 34.6 Å². The minimum absolute atomic E-state index is 0.0681. The number of nitrogens with zero attached hydrogens (tertiary/aromatic N) is 1. The van der Waals surface area contributed by atoms with Gasteiger partial charge in [0.15, 0.2) is 0 Å². The van der Waals surface area contributed by atoms with Gasteiger partial charge in [0.05, 0.1) is 12.6 Å². The second-order valence-electron chi connectivity index (χ2n) is 9.29. The second-order valence-corrected chi connectivity index (χ2v) is 9.29. The fourth-order valence-electron chi connectivity index (χ4n) is 4.60. The maximum Gasteiger partial charge on any atom is 0.328 e. The lowest BCUT2D eigenvalue weighted by Crippen LogP contribution is -2.57. The van der Waals surface area contributed by atoms with Crippen LogP contribution < -0.4 is 22.1 Å². The molecule has 0 bridgehead atoms. The zero-order chi connectivity index (χ0) is 26.9. The normalized spacial score (nSPS) is 17.8. The number of para-hydroxylation sites is 1. The van der Waals surface area contributed by atoms with Gasteiger partial charge in [0, 0.05) is 30.1 Å². The standard InChI is InChI=1S/C25H36N6O6/c26-10-4-3-7-17(27)24(35)31-11-5-9-21(31)23(34)29-19(22(33)30-20(14-32)25(36)37)12-15-13-28-18-8-2-1-6-16(15)18/h1-2,6,8,13,17,19-21,28,32H,3-5,7,9-12,14,26-27H2,(H,29,34)(H,30,33)(H,36,37). The zero-order valence-electron chi connectivity index (χ0n) is 20.7. The number of aliphatic hydroxyl groups excluding tert-OH is 1. The monoisotopic (exact) mass is 516 g/mol. The summed E-state index contributed by atoms with van der Waals surface area (Å²) in [6, 6.07) is 3.25. The highest BCUT2D eigenvalue weighted by atomic mass is 16.4. The van der Waals surface area contributed by atoms with Gasteiger partial charge in [-0.2, -0.15) is 0 Å². The number of unbranched alkanes of at least 4 members (excludes halogenated alkanes) is 1. The predicted octanol–water partition coefficient (Wildman–Crippen LogP) is -0.796. The third kappa shape index (κ3) is 7.06. The van der Waals surface area contributed by atoms with E-state index in [0.717, 1.165) is 22.9 Å². The average molecular weight is 517 g/mol. The quantitative estimate of drug-likeness (QED) is 0.168. The van der Waals surface area contributed by atoms with Crippen LogP contribution in [0.3, 0.4) is 0 Å². The minimum Gasteiger partial charge on any atom is -0.480 e. The van der Waals surface area contributed by atoms with Crippen LogP contribution in [0.4, 0.5) is 0 Å². The Kier molecular flexibility index (Phi) is 10.0. The van der Waals surface area contributed by atoms with Crippen molar-refractivity contribution < 1.29 is 29.4 Å². The summed E-state index contributed by atoms with van der Waals surface area (Å²) in [7, 11) is 0. The predicted molar refractivity (Wildman–Crippen MR) is 136 cm³/mol. The molecule has 3 amide bonds. The topological polar surface area (TPSA) is 204 Å². The summed E-state index contributed by atoms with van der Waals surface area (Å²) in [6.07, 6.45) is 4.75. The molecule has 0 spiro atoms. The molecule has 0 radical (unpaired) electrons.